The highest BCUT2D eigenvalue weighted by Crippen LogP contribution is 2.04. The van der Waals surface area contributed by atoms with Crippen LogP contribution in [0.5, 0.6) is 0 Å². The molecule has 0 aromatic rings. The topological polar surface area (TPSA) is 86.7 Å². The molecule has 0 aliphatic carbocycles. The zero-order valence-corrected chi connectivity index (χ0v) is 6.40. The lowest BCUT2D eigenvalue weighted by Gasteiger charge is -2.17. The molecule has 1 heterocycles. The van der Waals surface area contributed by atoms with Crippen molar-refractivity contribution in [3.8, 4) is 0 Å². The van der Waals surface area contributed by atoms with E-state index in [9.17, 15) is 14.4 Å². The number of carbonyl (C=O) groups is 3. The molecule has 1 fully saturated rings. The largest absolute Gasteiger partial charge is 0.480 e. The highest BCUT2D eigenvalue weighted by molar-refractivity contribution is 6.03. The minimum atomic E-state index is -1.13. The number of imide groups is 1. The Bertz CT molecular complexity index is 250. The van der Waals surface area contributed by atoms with Gasteiger partial charge < -0.3 is 10.0 Å². The summed E-state index contributed by atoms with van der Waals surface area (Å²) in [6.45, 7) is 1.17. The fraction of sp³-hybridized carbons (Fsp3) is 0.500. The minimum Gasteiger partial charge on any atom is -0.480 e. The van der Waals surface area contributed by atoms with Gasteiger partial charge in [0.15, 0.2) is 0 Å². The van der Waals surface area contributed by atoms with Gasteiger partial charge in [-0.3, -0.25) is 10.1 Å². The molecule has 1 aliphatic heterocycles. The highest BCUT2D eigenvalue weighted by atomic mass is 16.4. The summed E-state index contributed by atoms with van der Waals surface area (Å²) in [7, 11) is 0. The fourth-order valence-corrected chi connectivity index (χ4v) is 0.903. The van der Waals surface area contributed by atoms with E-state index in [2.05, 4.69) is 0 Å². The molecule has 1 rings (SSSR count). The average molecular weight is 172 g/mol. The predicted octanol–water partition coefficient (Wildman–Crippen LogP) is -0.989. The summed E-state index contributed by atoms with van der Waals surface area (Å²) in [4.78, 5) is 32.9. The van der Waals surface area contributed by atoms with Crippen LogP contribution in [-0.2, 0) is 9.59 Å². The van der Waals surface area contributed by atoms with Crippen molar-refractivity contribution in [2.45, 2.75) is 13.0 Å². The molecular weight excluding hydrogens is 164 g/mol. The van der Waals surface area contributed by atoms with Gasteiger partial charge in [0.25, 0.3) is 0 Å². The Balaban J connectivity index is 2.70. The second-order valence-corrected chi connectivity index (χ2v) is 2.50. The van der Waals surface area contributed by atoms with Gasteiger partial charge in [0.05, 0.1) is 0 Å². The van der Waals surface area contributed by atoms with Crippen molar-refractivity contribution >= 4 is 17.9 Å². The Morgan fingerprint density at radius 1 is 1.67 bits per heavy atom. The summed E-state index contributed by atoms with van der Waals surface area (Å²) in [6.07, 6.45) is 0. The van der Waals surface area contributed by atoms with Gasteiger partial charge in [-0.1, -0.05) is 0 Å². The van der Waals surface area contributed by atoms with Crippen LogP contribution in [0.1, 0.15) is 6.92 Å². The first kappa shape index (κ1) is 8.51. The Hall–Kier alpha value is -1.59. The van der Waals surface area contributed by atoms with Crippen molar-refractivity contribution in [3.63, 3.8) is 0 Å². The summed E-state index contributed by atoms with van der Waals surface area (Å²) < 4.78 is 0. The summed E-state index contributed by atoms with van der Waals surface area (Å²) in [6, 6.07) is -1.61. The van der Waals surface area contributed by atoms with Crippen molar-refractivity contribution in [1.82, 2.24) is 10.2 Å². The van der Waals surface area contributed by atoms with Gasteiger partial charge in [-0.05, 0) is 6.92 Å². The van der Waals surface area contributed by atoms with Crippen molar-refractivity contribution in [2.75, 3.05) is 6.54 Å². The minimum absolute atomic E-state index is 0.174. The molecule has 0 spiro atoms. The SMILES string of the molecule is C[C@@H](C(=O)O)N1CC(=O)NC1=O. The van der Waals surface area contributed by atoms with E-state index in [0.717, 1.165) is 4.90 Å². The van der Waals surface area contributed by atoms with E-state index in [1.165, 1.54) is 6.92 Å². The molecule has 1 saturated heterocycles. The van der Waals surface area contributed by atoms with Gasteiger partial charge in [0.1, 0.15) is 12.6 Å². The predicted molar refractivity (Wildman–Crippen MR) is 37.3 cm³/mol. The highest BCUT2D eigenvalue weighted by Gasteiger charge is 2.33. The molecule has 0 saturated carbocycles. The molecule has 1 aliphatic rings. The fourth-order valence-electron chi connectivity index (χ4n) is 0.903. The number of hydrogen-bond acceptors (Lipinski definition) is 3. The number of urea groups is 1. The van der Waals surface area contributed by atoms with Crippen LogP contribution >= 0.6 is 0 Å². The Labute approximate surface area is 68.1 Å². The molecule has 6 heteroatoms. The van der Waals surface area contributed by atoms with Crippen molar-refractivity contribution in [2.24, 2.45) is 0 Å². The van der Waals surface area contributed by atoms with E-state index in [1.807, 2.05) is 5.32 Å². The standard InChI is InChI=1S/C6H8N2O4/c1-3(5(10)11)8-2-4(9)7-6(8)12/h3H,2H2,1H3,(H,10,11)(H,7,9,12)/t3-/m0/s1. The number of hydrogen-bond donors (Lipinski definition) is 2. The van der Waals surface area contributed by atoms with E-state index >= 15 is 0 Å². The molecule has 2 N–H and O–H groups in total. The number of aliphatic carboxylic acids is 1. The Morgan fingerprint density at radius 2 is 2.25 bits per heavy atom. The van der Waals surface area contributed by atoms with Crippen LogP contribution < -0.4 is 5.32 Å². The number of carboxylic acids is 1. The van der Waals surface area contributed by atoms with Crippen LogP contribution in [0.2, 0.25) is 0 Å². The van der Waals surface area contributed by atoms with Crippen molar-refractivity contribution in [1.29, 1.82) is 0 Å². The van der Waals surface area contributed by atoms with Gasteiger partial charge >= 0.3 is 12.0 Å². The van der Waals surface area contributed by atoms with Crippen LogP contribution in [0.15, 0.2) is 0 Å². The van der Waals surface area contributed by atoms with Crippen molar-refractivity contribution in [3.05, 3.63) is 0 Å². The van der Waals surface area contributed by atoms with Gasteiger partial charge in [-0.2, -0.15) is 0 Å². The van der Waals surface area contributed by atoms with Crippen LogP contribution in [0.4, 0.5) is 4.79 Å². The summed E-state index contributed by atoms with van der Waals surface area (Å²) in [5.74, 6) is -1.59. The molecule has 0 aromatic carbocycles. The van der Waals surface area contributed by atoms with Crippen LogP contribution in [0, 0.1) is 0 Å². The van der Waals surface area contributed by atoms with E-state index in [4.69, 9.17) is 5.11 Å². The number of carbonyl (C=O) groups excluding carboxylic acids is 2. The molecule has 0 unspecified atom stereocenters. The molecule has 6 nitrogen and oxygen atoms in total. The quantitative estimate of drug-likeness (QED) is 0.523. The first-order chi connectivity index (χ1) is 5.52. The first-order valence-electron chi connectivity index (χ1n) is 3.35. The molecule has 0 aromatic heterocycles. The number of rotatable bonds is 2. The van der Waals surface area contributed by atoms with E-state index in [0.29, 0.717) is 0 Å². The zero-order valence-electron chi connectivity index (χ0n) is 6.40. The maximum absolute atomic E-state index is 10.9. The van der Waals surface area contributed by atoms with Crippen LogP contribution in [0.3, 0.4) is 0 Å². The summed E-state index contributed by atoms with van der Waals surface area (Å²) >= 11 is 0. The Kier molecular flexibility index (Phi) is 1.99. The lowest BCUT2D eigenvalue weighted by Crippen LogP contribution is -2.40. The molecular formula is C6H8N2O4. The maximum Gasteiger partial charge on any atom is 0.326 e. The monoisotopic (exact) mass is 172 g/mol. The van der Waals surface area contributed by atoms with Crippen molar-refractivity contribution < 1.29 is 19.5 Å². The second-order valence-electron chi connectivity index (χ2n) is 2.50. The van der Waals surface area contributed by atoms with E-state index < -0.39 is 23.9 Å². The van der Waals surface area contributed by atoms with E-state index in [1.54, 1.807) is 0 Å². The third-order valence-corrected chi connectivity index (χ3v) is 1.65. The van der Waals surface area contributed by atoms with Crippen LogP contribution in [0.25, 0.3) is 0 Å². The smallest absolute Gasteiger partial charge is 0.326 e. The van der Waals surface area contributed by atoms with Gasteiger partial charge in [0, 0.05) is 0 Å². The normalized spacial score (nSPS) is 19.2. The third-order valence-electron chi connectivity index (χ3n) is 1.65. The Morgan fingerprint density at radius 3 is 2.58 bits per heavy atom. The second kappa shape index (κ2) is 2.80. The molecule has 0 bridgehead atoms. The van der Waals surface area contributed by atoms with Gasteiger partial charge in [-0.15, -0.1) is 0 Å². The number of amides is 3. The lowest BCUT2D eigenvalue weighted by molar-refractivity contribution is -0.141. The maximum atomic E-state index is 10.9. The summed E-state index contributed by atoms with van der Waals surface area (Å²) in [5.41, 5.74) is 0. The molecule has 1 atom stereocenters. The summed E-state index contributed by atoms with van der Waals surface area (Å²) in [5, 5.41) is 10.5. The number of nitrogens with zero attached hydrogens (tertiary/aromatic N) is 1. The van der Waals surface area contributed by atoms with E-state index in [-0.39, 0.29) is 6.54 Å². The molecule has 0 radical (unpaired) electrons. The number of carboxylic acid groups (broad SMARTS) is 1. The average Bonchev–Trinajstić information content (AvgIpc) is 2.28. The zero-order chi connectivity index (χ0) is 9.30. The van der Waals surface area contributed by atoms with Crippen LogP contribution in [-0.4, -0.2) is 40.5 Å². The van der Waals surface area contributed by atoms with Gasteiger partial charge in [0.2, 0.25) is 5.91 Å². The molecule has 12 heavy (non-hydrogen) atoms. The van der Waals surface area contributed by atoms with Gasteiger partial charge in [-0.25, -0.2) is 9.59 Å². The lowest BCUT2D eigenvalue weighted by atomic mass is 10.3. The first-order valence-corrected chi connectivity index (χ1v) is 3.35. The molecule has 66 valence electrons. The third kappa shape index (κ3) is 1.36. The number of nitrogens with one attached hydrogen (secondary N) is 1. The molecule has 3 amide bonds.